The second kappa shape index (κ2) is 8.52. The van der Waals surface area contributed by atoms with Crippen LogP contribution in [0.2, 0.25) is 0 Å². The first-order valence-electron chi connectivity index (χ1n) is 9.73. The molecular formula is C21H21N5O5S. The van der Waals surface area contributed by atoms with Crippen molar-refractivity contribution < 1.29 is 22.0 Å². The van der Waals surface area contributed by atoms with Gasteiger partial charge >= 0.3 is 10.3 Å². The lowest BCUT2D eigenvalue weighted by Crippen LogP contribution is -2.34. The van der Waals surface area contributed by atoms with Gasteiger partial charge in [0.2, 0.25) is 11.8 Å². The summed E-state index contributed by atoms with van der Waals surface area (Å²) in [6.45, 7) is 3.46. The maximum Gasteiger partial charge on any atom is 0.357 e. The van der Waals surface area contributed by atoms with E-state index in [2.05, 4.69) is 20.3 Å². The van der Waals surface area contributed by atoms with Crippen LogP contribution in [0.3, 0.4) is 0 Å². The van der Waals surface area contributed by atoms with E-state index in [9.17, 15) is 8.42 Å². The molecule has 2 heterocycles. The molecule has 0 aliphatic rings. The Bertz CT molecular complexity index is 1260. The third-order valence-electron chi connectivity index (χ3n) is 4.93. The molecule has 32 heavy (non-hydrogen) atoms. The third-order valence-corrected chi connectivity index (χ3v) is 5.42. The highest BCUT2D eigenvalue weighted by molar-refractivity contribution is 7.87. The zero-order valence-corrected chi connectivity index (χ0v) is 18.2. The summed E-state index contributed by atoms with van der Waals surface area (Å²) in [5.74, 6) is 1.62. The standard InChI is InChI=1S/C21H21N5O5S/c1-14-22-19(30-24-14)21(20-23-15(2)25-31-20,12-16-6-4-3-5-7-16)13-17-8-10-18(11-9-17)26-32(27,28)29/h3-11,26H,12-13H2,1-2H3,(H,27,28,29). The summed E-state index contributed by atoms with van der Waals surface area (Å²) >= 11 is 0. The molecule has 2 N–H and O–H groups in total. The lowest BCUT2D eigenvalue weighted by atomic mass is 9.76. The molecule has 4 rings (SSSR count). The van der Waals surface area contributed by atoms with Crippen LogP contribution < -0.4 is 4.72 Å². The lowest BCUT2D eigenvalue weighted by Gasteiger charge is -2.27. The SMILES string of the molecule is Cc1noc(C(Cc2ccccc2)(Cc2ccc(NS(=O)(=O)O)cc2)c2nc(C)no2)n1. The summed E-state index contributed by atoms with van der Waals surface area (Å²) in [5.41, 5.74) is 1.10. The Morgan fingerprint density at radius 1 is 0.844 bits per heavy atom. The third kappa shape index (κ3) is 4.84. The van der Waals surface area contributed by atoms with Gasteiger partial charge in [0.25, 0.3) is 0 Å². The molecule has 0 saturated carbocycles. The number of nitrogens with zero attached hydrogens (tertiary/aromatic N) is 4. The number of aromatic nitrogens is 4. The normalized spacial score (nSPS) is 12.1. The van der Waals surface area contributed by atoms with Crippen LogP contribution in [0.25, 0.3) is 0 Å². The van der Waals surface area contributed by atoms with Crippen LogP contribution in [0.15, 0.2) is 63.6 Å². The summed E-state index contributed by atoms with van der Waals surface area (Å²) in [4.78, 5) is 8.99. The highest BCUT2D eigenvalue weighted by atomic mass is 32.2. The van der Waals surface area contributed by atoms with Gasteiger partial charge < -0.3 is 9.05 Å². The molecule has 11 heteroatoms. The Hall–Kier alpha value is -3.57. The van der Waals surface area contributed by atoms with Crippen LogP contribution >= 0.6 is 0 Å². The molecule has 0 amide bonds. The molecule has 0 aliphatic carbocycles. The van der Waals surface area contributed by atoms with Crippen LogP contribution in [0.1, 0.15) is 34.6 Å². The van der Waals surface area contributed by atoms with Gasteiger partial charge in [-0.2, -0.15) is 18.4 Å². The Labute approximate surface area is 184 Å². The van der Waals surface area contributed by atoms with Gasteiger partial charge in [-0.15, -0.1) is 0 Å². The molecule has 0 aliphatic heterocycles. The molecular weight excluding hydrogens is 434 g/mol. The molecule has 2 aromatic carbocycles. The largest absolute Gasteiger partial charge is 0.357 e. The first-order chi connectivity index (χ1) is 15.2. The number of anilines is 1. The van der Waals surface area contributed by atoms with E-state index in [0.717, 1.165) is 11.1 Å². The molecule has 10 nitrogen and oxygen atoms in total. The Balaban J connectivity index is 1.80. The van der Waals surface area contributed by atoms with Crippen molar-refractivity contribution in [2.24, 2.45) is 0 Å². The maximum absolute atomic E-state index is 11.1. The van der Waals surface area contributed by atoms with E-state index in [1.54, 1.807) is 38.1 Å². The molecule has 0 spiro atoms. The van der Waals surface area contributed by atoms with E-state index < -0.39 is 15.7 Å². The predicted molar refractivity (Wildman–Crippen MR) is 114 cm³/mol. The predicted octanol–water partition coefficient (Wildman–Crippen LogP) is 3.06. The molecule has 0 radical (unpaired) electrons. The first-order valence-corrected chi connectivity index (χ1v) is 11.2. The minimum absolute atomic E-state index is 0.229. The van der Waals surface area contributed by atoms with E-state index in [4.69, 9.17) is 13.6 Å². The van der Waals surface area contributed by atoms with Crippen molar-refractivity contribution in [1.82, 2.24) is 20.3 Å². The maximum atomic E-state index is 11.1. The number of rotatable bonds is 8. The molecule has 0 bridgehead atoms. The quantitative estimate of drug-likeness (QED) is 0.383. The number of benzene rings is 2. The minimum atomic E-state index is -4.36. The number of nitrogens with one attached hydrogen (secondary N) is 1. The first kappa shape index (κ1) is 21.7. The van der Waals surface area contributed by atoms with Gasteiger partial charge in [0.1, 0.15) is 5.41 Å². The molecule has 0 unspecified atom stereocenters. The zero-order valence-electron chi connectivity index (χ0n) is 17.4. The fourth-order valence-electron chi connectivity index (χ4n) is 3.57. The van der Waals surface area contributed by atoms with Crippen LogP contribution in [0.4, 0.5) is 5.69 Å². The molecule has 166 valence electrons. The summed E-state index contributed by atoms with van der Waals surface area (Å²) < 4.78 is 44.4. The molecule has 0 fully saturated rings. The summed E-state index contributed by atoms with van der Waals surface area (Å²) in [7, 11) is -4.36. The van der Waals surface area contributed by atoms with Crippen molar-refractivity contribution in [2.45, 2.75) is 32.1 Å². The smallest absolute Gasteiger partial charge is 0.338 e. The lowest BCUT2D eigenvalue weighted by molar-refractivity contribution is 0.242. The average molecular weight is 455 g/mol. The van der Waals surface area contributed by atoms with Crippen molar-refractivity contribution in [1.29, 1.82) is 0 Å². The summed E-state index contributed by atoms with van der Waals surface area (Å²) in [6.07, 6.45) is 0.805. The Kier molecular flexibility index (Phi) is 5.76. The highest BCUT2D eigenvalue weighted by Gasteiger charge is 2.45. The Morgan fingerprint density at radius 3 is 1.78 bits per heavy atom. The van der Waals surface area contributed by atoms with Crippen LogP contribution in [0, 0.1) is 13.8 Å². The van der Waals surface area contributed by atoms with E-state index in [1.165, 1.54) is 0 Å². The summed E-state index contributed by atoms with van der Waals surface area (Å²) in [5, 5.41) is 7.94. The van der Waals surface area contributed by atoms with Crippen molar-refractivity contribution in [3.63, 3.8) is 0 Å². The van der Waals surface area contributed by atoms with Gasteiger partial charge in [0, 0.05) is 0 Å². The second-order valence-corrected chi connectivity index (χ2v) is 8.64. The van der Waals surface area contributed by atoms with Crippen molar-refractivity contribution >= 4 is 16.0 Å². The van der Waals surface area contributed by atoms with Gasteiger partial charge in [0.05, 0.1) is 5.69 Å². The number of hydrogen-bond donors (Lipinski definition) is 2. The highest BCUT2D eigenvalue weighted by Crippen LogP contribution is 2.38. The van der Waals surface area contributed by atoms with Crippen LogP contribution in [0.5, 0.6) is 0 Å². The number of aryl methyl sites for hydroxylation is 2. The van der Waals surface area contributed by atoms with Gasteiger partial charge in [-0.25, -0.2) is 0 Å². The van der Waals surface area contributed by atoms with Gasteiger partial charge in [-0.3, -0.25) is 9.27 Å². The minimum Gasteiger partial charge on any atom is -0.338 e. The fourth-order valence-corrected chi connectivity index (χ4v) is 4.01. The monoisotopic (exact) mass is 455 g/mol. The average Bonchev–Trinajstić information content (AvgIpc) is 3.37. The molecule has 4 aromatic rings. The van der Waals surface area contributed by atoms with Crippen molar-refractivity contribution in [2.75, 3.05) is 4.72 Å². The van der Waals surface area contributed by atoms with E-state index in [-0.39, 0.29) is 5.69 Å². The summed E-state index contributed by atoms with van der Waals surface area (Å²) in [6, 6.07) is 16.4. The van der Waals surface area contributed by atoms with Crippen LogP contribution in [-0.2, 0) is 28.6 Å². The van der Waals surface area contributed by atoms with E-state index in [0.29, 0.717) is 36.3 Å². The molecule has 0 atom stereocenters. The topological polar surface area (TPSA) is 144 Å². The van der Waals surface area contributed by atoms with Crippen molar-refractivity contribution in [3.05, 3.63) is 89.2 Å². The van der Waals surface area contributed by atoms with E-state index >= 15 is 0 Å². The van der Waals surface area contributed by atoms with Gasteiger partial charge in [-0.05, 0) is 49.9 Å². The molecule has 0 saturated heterocycles. The molecule has 2 aromatic heterocycles. The van der Waals surface area contributed by atoms with Crippen molar-refractivity contribution in [3.8, 4) is 0 Å². The second-order valence-electron chi connectivity index (χ2n) is 7.49. The Morgan fingerprint density at radius 2 is 1.34 bits per heavy atom. The van der Waals surface area contributed by atoms with Crippen LogP contribution in [-0.4, -0.2) is 33.3 Å². The van der Waals surface area contributed by atoms with Gasteiger partial charge in [0.15, 0.2) is 11.6 Å². The number of hydrogen-bond acceptors (Lipinski definition) is 8. The fraction of sp³-hybridized carbons (Fsp3) is 0.238. The van der Waals surface area contributed by atoms with E-state index in [1.807, 2.05) is 35.1 Å². The van der Waals surface area contributed by atoms with Gasteiger partial charge in [-0.1, -0.05) is 52.8 Å². The zero-order chi connectivity index (χ0) is 22.8.